The van der Waals surface area contributed by atoms with Gasteiger partial charge in [0.25, 0.3) is 0 Å². The topological polar surface area (TPSA) is 38.8 Å². The van der Waals surface area contributed by atoms with Crippen molar-refractivity contribution < 1.29 is 14.3 Å². The standard InChI is InChI=1S/C11H20O3/c1-6-11(9(12)13-5)10(4,14-11)7-8(2)3/h8H,6-7H2,1-5H3. The Labute approximate surface area is 85.8 Å². The second kappa shape index (κ2) is 3.54. The molecule has 1 aliphatic rings. The number of methoxy groups -OCH3 is 1. The van der Waals surface area contributed by atoms with Gasteiger partial charge in [-0.15, -0.1) is 0 Å². The highest BCUT2D eigenvalue weighted by atomic mass is 16.7. The largest absolute Gasteiger partial charge is 0.467 e. The third-order valence-electron chi connectivity index (χ3n) is 3.02. The van der Waals surface area contributed by atoms with Crippen LogP contribution in [0.1, 0.15) is 40.5 Å². The summed E-state index contributed by atoms with van der Waals surface area (Å²) in [6, 6.07) is 0. The van der Waals surface area contributed by atoms with Crippen LogP contribution in [-0.2, 0) is 14.3 Å². The number of rotatable bonds is 4. The molecular weight excluding hydrogens is 180 g/mol. The molecule has 2 unspecified atom stereocenters. The van der Waals surface area contributed by atoms with Crippen LogP contribution in [0.25, 0.3) is 0 Å². The zero-order valence-electron chi connectivity index (χ0n) is 9.72. The van der Waals surface area contributed by atoms with Gasteiger partial charge in [0.15, 0.2) is 5.60 Å². The van der Waals surface area contributed by atoms with E-state index in [4.69, 9.17) is 9.47 Å². The lowest BCUT2D eigenvalue weighted by Gasteiger charge is -2.14. The molecule has 1 rings (SSSR count). The Morgan fingerprint density at radius 2 is 2.07 bits per heavy atom. The van der Waals surface area contributed by atoms with E-state index >= 15 is 0 Å². The predicted octanol–water partition coefficient (Wildman–Crippen LogP) is 2.14. The quantitative estimate of drug-likeness (QED) is 0.515. The molecule has 0 saturated carbocycles. The van der Waals surface area contributed by atoms with E-state index in [0.717, 1.165) is 6.42 Å². The van der Waals surface area contributed by atoms with E-state index in [-0.39, 0.29) is 11.6 Å². The lowest BCUT2D eigenvalue weighted by Crippen LogP contribution is -2.33. The van der Waals surface area contributed by atoms with Crippen molar-refractivity contribution in [3.63, 3.8) is 0 Å². The molecule has 14 heavy (non-hydrogen) atoms. The van der Waals surface area contributed by atoms with Gasteiger partial charge in [-0.3, -0.25) is 0 Å². The normalized spacial score (nSPS) is 35.9. The lowest BCUT2D eigenvalue weighted by molar-refractivity contribution is -0.147. The average molecular weight is 200 g/mol. The van der Waals surface area contributed by atoms with Crippen LogP contribution < -0.4 is 0 Å². The van der Waals surface area contributed by atoms with Crippen molar-refractivity contribution in [3.05, 3.63) is 0 Å². The number of hydrogen-bond acceptors (Lipinski definition) is 3. The molecule has 0 bridgehead atoms. The highest BCUT2D eigenvalue weighted by Crippen LogP contribution is 2.54. The van der Waals surface area contributed by atoms with Gasteiger partial charge in [0, 0.05) is 0 Å². The Balaban J connectivity index is 2.74. The molecule has 1 heterocycles. The van der Waals surface area contributed by atoms with Crippen LogP contribution in [-0.4, -0.2) is 24.3 Å². The number of carbonyl (C=O) groups excluding carboxylic acids is 1. The van der Waals surface area contributed by atoms with E-state index in [0.29, 0.717) is 12.3 Å². The molecule has 82 valence electrons. The summed E-state index contributed by atoms with van der Waals surface area (Å²) in [5, 5.41) is 0. The number of ether oxygens (including phenoxy) is 2. The Morgan fingerprint density at radius 3 is 2.43 bits per heavy atom. The summed E-state index contributed by atoms with van der Waals surface area (Å²) in [5.41, 5.74) is -0.991. The lowest BCUT2D eigenvalue weighted by atomic mass is 9.85. The third-order valence-corrected chi connectivity index (χ3v) is 3.02. The van der Waals surface area contributed by atoms with Gasteiger partial charge in [0.05, 0.1) is 7.11 Å². The Kier molecular flexibility index (Phi) is 2.91. The molecule has 1 aliphatic heterocycles. The zero-order valence-corrected chi connectivity index (χ0v) is 9.72. The maximum Gasteiger partial charge on any atom is 0.341 e. The maximum absolute atomic E-state index is 11.6. The molecule has 0 radical (unpaired) electrons. The minimum Gasteiger partial charge on any atom is -0.467 e. The molecule has 0 amide bonds. The SMILES string of the molecule is CCC1(C(=O)OC)OC1(C)CC(C)C. The summed E-state index contributed by atoms with van der Waals surface area (Å²) >= 11 is 0. The first-order valence-electron chi connectivity index (χ1n) is 5.20. The third kappa shape index (κ3) is 1.54. The van der Waals surface area contributed by atoms with Crippen LogP contribution in [0.5, 0.6) is 0 Å². The summed E-state index contributed by atoms with van der Waals surface area (Å²) in [5.74, 6) is 0.293. The average Bonchev–Trinajstić information content (AvgIpc) is 2.69. The van der Waals surface area contributed by atoms with Crippen molar-refractivity contribution in [2.45, 2.75) is 51.7 Å². The highest BCUT2D eigenvalue weighted by Gasteiger charge is 2.71. The van der Waals surface area contributed by atoms with Crippen LogP contribution in [0.15, 0.2) is 0 Å². The van der Waals surface area contributed by atoms with Gasteiger partial charge >= 0.3 is 5.97 Å². The Bertz CT molecular complexity index is 237. The molecule has 1 saturated heterocycles. The van der Waals surface area contributed by atoms with Crippen molar-refractivity contribution in [2.24, 2.45) is 5.92 Å². The van der Waals surface area contributed by atoms with Gasteiger partial charge in [-0.05, 0) is 25.7 Å². The zero-order chi connectivity index (χ0) is 11.0. The van der Waals surface area contributed by atoms with Crippen molar-refractivity contribution in [2.75, 3.05) is 7.11 Å². The van der Waals surface area contributed by atoms with E-state index in [1.54, 1.807) is 0 Å². The van der Waals surface area contributed by atoms with Gasteiger partial charge in [-0.2, -0.15) is 0 Å². The van der Waals surface area contributed by atoms with Crippen molar-refractivity contribution in [1.29, 1.82) is 0 Å². The molecule has 0 N–H and O–H groups in total. The molecule has 2 atom stereocenters. The highest BCUT2D eigenvalue weighted by molar-refractivity contribution is 5.84. The van der Waals surface area contributed by atoms with E-state index in [1.165, 1.54) is 7.11 Å². The van der Waals surface area contributed by atoms with E-state index in [1.807, 2.05) is 13.8 Å². The fraction of sp³-hybridized carbons (Fsp3) is 0.909. The minimum absolute atomic E-state index is 0.233. The van der Waals surface area contributed by atoms with Gasteiger partial charge in [-0.1, -0.05) is 20.8 Å². The van der Waals surface area contributed by atoms with Crippen molar-refractivity contribution in [1.82, 2.24) is 0 Å². The molecule has 0 aromatic rings. The summed E-state index contributed by atoms with van der Waals surface area (Å²) in [6.07, 6.45) is 1.58. The van der Waals surface area contributed by atoms with Crippen LogP contribution in [0.2, 0.25) is 0 Å². The summed E-state index contributed by atoms with van der Waals surface area (Å²) in [6.45, 7) is 8.21. The predicted molar refractivity (Wildman–Crippen MR) is 54.0 cm³/mol. The van der Waals surface area contributed by atoms with Crippen LogP contribution >= 0.6 is 0 Å². The molecule has 0 aromatic heterocycles. The van der Waals surface area contributed by atoms with Gasteiger partial charge in [-0.25, -0.2) is 4.79 Å². The Morgan fingerprint density at radius 1 is 1.50 bits per heavy atom. The van der Waals surface area contributed by atoms with Crippen molar-refractivity contribution >= 4 is 5.97 Å². The molecule has 0 aliphatic carbocycles. The minimum atomic E-state index is -0.675. The van der Waals surface area contributed by atoms with Gasteiger partial charge in [0.2, 0.25) is 0 Å². The number of hydrogen-bond donors (Lipinski definition) is 0. The summed E-state index contributed by atoms with van der Waals surface area (Å²) < 4.78 is 10.4. The number of esters is 1. The van der Waals surface area contributed by atoms with Gasteiger partial charge in [0.1, 0.15) is 5.60 Å². The Hall–Kier alpha value is -0.570. The smallest absolute Gasteiger partial charge is 0.341 e. The fourth-order valence-corrected chi connectivity index (χ4v) is 2.36. The maximum atomic E-state index is 11.6. The first kappa shape index (κ1) is 11.5. The van der Waals surface area contributed by atoms with Gasteiger partial charge < -0.3 is 9.47 Å². The number of epoxide rings is 1. The van der Waals surface area contributed by atoms with Crippen LogP contribution in [0.4, 0.5) is 0 Å². The van der Waals surface area contributed by atoms with E-state index < -0.39 is 5.60 Å². The van der Waals surface area contributed by atoms with Crippen molar-refractivity contribution in [3.8, 4) is 0 Å². The van der Waals surface area contributed by atoms with E-state index in [2.05, 4.69) is 13.8 Å². The first-order chi connectivity index (χ1) is 6.42. The molecule has 0 spiro atoms. The second-order valence-corrected chi connectivity index (χ2v) is 4.60. The second-order valence-electron chi connectivity index (χ2n) is 4.60. The molecule has 0 aromatic carbocycles. The number of carbonyl (C=O) groups is 1. The molecule has 3 nitrogen and oxygen atoms in total. The van der Waals surface area contributed by atoms with E-state index in [9.17, 15) is 4.79 Å². The molecule has 1 fully saturated rings. The monoisotopic (exact) mass is 200 g/mol. The molecule has 3 heteroatoms. The van der Waals surface area contributed by atoms with Crippen LogP contribution in [0.3, 0.4) is 0 Å². The van der Waals surface area contributed by atoms with Crippen LogP contribution in [0, 0.1) is 5.92 Å². The summed E-state index contributed by atoms with van der Waals surface area (Å²) in [4.78, 5) is 11.6. The fourth-order valence-electron chi connectivity index (χ4n) is 2.36. The molecular formula is C11H20O3. The first-order valence-corrected chi connectivity index (χ1v) is 5.20. The summed E-state index contributed by atoms with van der Waals surface area (Å²) in [7, 11) is 1.41.